The minimum atomic E-state index is -3.05. The van der Waals surface area contributed by atoms with Gasteiger partial charge in [0, 0.05) is 42.9 Å². The van der Waals surface area contributed by atoms with Crippen molar-refractivity contribution >= 4 is 27.3 Å². The standard InChI is InChI=1S/C21H20ClFN4O2S/c1-30(28,29)16-7-10-27(11-8-16)19-13-25-20(14-2-4-15(23)5-3-14)21(26-19)17-6-9-24-12-18(17)22/h2-6,9,12-13,16H,7-8,10-11H2,1H3. The van der Waals surface area contributed by atoms with E-state index in [-0.39, 0.29) is 11.1 Å². The summed E-state index contributed by atoms with van der Waals surface area (Å²) in [6.07, 6.45) is 7.21. The summed E-state index contributed by atoms with van der Waals surface area (Å²) in [6, 6.07) is 7.81. The molecule has 0 amide bonds. The Balaban J connectivity index is 1.74. The van der Waals surface area contributed by atoms with Crippen LogP contribution in [0.15, 0.2) is 48.9 Å². The van der Waals surface area contributed by atoms with Crippen molar-refractivity contribution < 1.29 is 12.8 Å². The second-order valence-corrected chi connectivity index (χ2v) is 10.0. The molecule has 0 spiro atoms. The van der Waals surface area contributed by atoms with Crippen molar-refractivity contribution in [2.24, 2.45) is 0 Å². The van der Waals surface area contributed by atoms with Crippen LogP contribution in [0.5, 0.6) is 0 Å². The molecule has 1 aromatic carbocycles. The average Bonchev–Trinajstić information content (AvgIpc) is 2.74. The Morgan fingerprint density at radius 3 is 2.40 bits per heavy atom. The van der Waals surface area contributed by atoms with Crippen molar-refractivity contribution in [3.63, 3.8) is 0 Å². The minimum Gasteiger partial charge on any atom is -0.355 e. The van der Waals surface area contributed by atoms with Crippen LogP contribution in [0.1, 0.15) is 12.8 Å². The quantitative estimate of drug-likeness (QED) is 0.602. The first kappa shape index (κ1) is 20.7. The Hall–Kier alpha value is -2.58. The summed E-state index contributed by atoms with van der Waals surface area (Å²) in [7, 11) is -3.05. The van der Waals surface area contributed by atoms with Gasteiger partial charge in [0.25, 0.3) is 0 Å². The lowest BCUT2D eigenvalue weighted by Crippen LogP contribution is -2.39. The number of sulfone groups is 1. The van der Waals surface area contributed by atoms with Crippen LogP contribution in [0.4, 0.5) is 10.2 Å². The topological polar surface area (TPSA) is 76.1 Å². The third-order valence-corrected chi connectivity index (χ3v) is 7.26. The SMILES string of the molecule is CS(=O)(=O)C1CCN(c2cnc(-c3ccc(F)cc3)c(-c3ccncc3Cl)n2)CC1. The fraction of sp³-hybridized carbons (Fsp3) is 0.286. The highest BCUT2D eigenvalue weighted by Crippen LogP contribution is 2.34. The molecular formula is C21H20ClFN4O2S. The number of aromatic nitrogens is 3. The summed E-state index contributed by atoms with van der Waals surface area (Å²) >= 11 is 6.38. The molecule has 156 valence electrons. The predicted octanol–water partition coefficient (Wildman–Crippen LogP) is 4.01. The second kappa shape index (κ2) is 8.28. The number of halogens is 2. The first-order valence-corrected chi connectivity index (χ1v) is 11.8. The minimum absolute atomic E-state index is 0.325. The molecule has 1 saturated heterocycles. The van der Waals surface area contributed by atoms with Crippen LogP contribution >= 0.6 is 11.6 Å². The van der Waals surface area contributed by atoms with E-state index in [4.69, 9.17) is 16.6 Å². The van der Waals surface area contributed by atoms with E-state index in [2.05, 4.69) is 9.97 Å². The van der Waals surface area contributed by atoms with Crippen molar-refractivity contribution in [3.05, 3.63) is 59.8 Å². The molecule has 0 radical (unpaired) electrons. The molecule has 0 saturated carbocycles. The van der Waals surface area contributed by atoms with Crippen LogP contribution in [0.2, 0.25) is 5.02 Å². The molecule has 0 unspecified atom stereocenters. The number of piperidine rings is 1. The third kappa shape index (κ3) is 4.29. The molecule has 3 aromatic rings. The molecule has 0 N–H and O–H groups in total. The molecule has 1 aliphatic rings. The lowest BCUT2D eigenvalue weighted by atomic mass is 10.0. The van der Waals surface area contributed by atoms with E-state index in [1.165, 1.54) is 24.6 Å². The van der Waals surface area contributed by atoms with Gasteiger partial charge in [0.1, 0.15) is 27.2 Å². The summed E-state index contributed by atoms with van der Waals surface area (Å²) in [5.41, 5.74) is 2.54. The van der Waals surface area contributed by atoms with Crippen LogP contribution in [-0.4, -0.2) is 48.0 Å². The van der Waals surface area contributed by atoms with Gasteiger partial charge in [0.15, 0.2) is 0 Å². The van der Waals surface area contributed by atoms with E-state index in [0.29, 0.717) is 59.3 Å². The normalized spacial score (nSPS) is 15.4. The van der Waals surface area contributed by atoms with E-state index < -0.39 is 9.84 Å². The van der Waals surface area contributed by atoms with Gasteiger partial charge in [-0.2, -0.15) is 0 Å². The van der Waals surface area contributed by atoms with Gasteiger partial charge < -0.3 is 4.90 Å². The number of pyridine rings is 1. The molecule has 0 bridgehead atoms. The number of nitrogens with zero attached hydrogens (tertiary/aromatic N) is 4. The molecular weight excluding hydrogens is 427 g/mol. The molecule has 1 aliphatic heterocycles. The Labute approximate surface area is 179 Å². The van der Waals surface area contributed by atoms with Crippen LogP contribution in [0, 0.1) is 5.82 Å². The Morgan fingerprint density at radius 1 is 1.07 bits per heavy atom. The van der Waals surface area contributed by atoms with Crippen molar-refractivity contribution in [3.8, 4) is 22.5 Å². The highest BCUT2D eigenvalue weighted by Gasteiger charge is 2.28. The van der Waals surface area contributed by atoms with Crippen molar-refractivity contribution in [1.82, 2.24) is 15.0 Å². The van der Waals surface area contributed by atoms with Crippen molar-refractivity contribution in [1.29, 1.82) is 0 Å². The predicted molar refractivity (Wildman–Crippen MR) is 116 cm³/mol. The van der Waals surface area contributed by atoms with Gasteiger partial charge in [-0.05, 0) is 43.2 Å². The number of hydrogen-bond donors (Lipinski definition) is 0. The Morgan fingerprint density at radius 2 is 1.77 bits per heavy atom. The zero-order valence-corrected chi connectivity index (χ0v) is 17.9. The van der Waals surface area contributed by atoms with Gasteiger partial charge in [-0.15, -0.1) is 0 Å². The van der Waals surface area contributed by atoms with E-state index in [0.717, 1.165) is 0 Å². The van der Waals surface area contributed by atoms with Gasteiger partial charge in [-0.1, -0.05) is 11.6 Å². The molecule has 4 rings (SSSR count). The van der Waals surface area contributed by atoms with E-state index in [1.54, 1.807) is 30.6 Å². The number of hydrogen-bond acceptors (Lipinski definition) is 6. The van der Waals surface area contributed by atoms with E-state index in [1.807, 2.05) is 4.90 Å². The molecule has 6 nitrogen and oxygen atoms in total. The monoisotopic (exact) mass is 446 g/mol. The van der Waals surface area contributed by atoms with Crippen molar-refractivity contribution in [2.75, 3.05) is 24.2 Å². The first-order chi connectivity index (χ1) is 14.3. The lowest BCUT2D eigenvalue weighted by molar-refractivity contribution is 0.532. The van der Waals surface area contributed by atoms with Gasteiger partial charge in [0.05, 0.1) is 22.2 Å². The van der Waals surface area contributed by atoms with Crippen LogP contribution in [0.25, 0.3) is 22.5 Å². The van der Waals surface area contributed by atoms with Gasteiger partial charge in [0.2, 0.25) is 0 Å². The molecule has 0 aliphatic carbocycles. The fourth-order valence-electron chi connectivity index (χ4n) is 3.62. The molecule has 9 heteroatoms. The summed E-state index contributed by atoms with van der Waals surface area (Å²) in [6.45, 7) is 1.15. The van der Waals surface area contributed by atoms with Crippen molar-refractivity contribution in [2.45, 2.75) is 18.1 Å². The maximum absolute atomic E-state index is 13.4. The number of rotatable bonds is 4. The first-order valence-electron chi connectivity index (χ1n) is 9.49. The molecule has 30 heavy (non-hydrogen) atoms. The summed E-state index contributed by atoms with van der Waals surface area (Å²) in [5.74, 6) is 0.316. The Kier molecular flexibility index (Phi) is 5.71. The highest BCUT2D eigenvalue weighted by molar-refractivity contribution is 7.91. The zero-order chi connectivity index (χ0) is 21.3. The van der Waals surface area contributed by atoms with Gasteiger partial charge in [-0.25, -0.2) is 17.8 Å². The largest absolute Gasteiger partial charge is 0.355 e. The summed E-state index contributed by atoms with van der Waals surface area (Å²) in [5, 5.41) is 0.109. The molecule has 0 atom stereocenters. The zero-order valence-electron chi connectivity index (χ0n) is 16.3. The fourth-order valence-corrected chi connectivity index (χ4v) is 4.90. The van der Waals surface area contributed by atoms with Crippen LogP contribution in [0.3, 0.4) is 0 Å². The van der Waals surface area contributed by atoms with Gasteiger partial charge >= 0.3 is 0 Å². The van der Waals surface area contributed by atoms with Crippen LogP contribution < -0.4 is 4.90 Å². The summed E-state index contributed by atoms with van der Waals surface area (Å²) < 4.78 is 37.1. The van der Waals surface area contributed by atoms with E-state index >= 15 is 0 Å². The lowest BCUT2D eigenvalue weighted by Gasteiger charge is -2.32. The average molecular weight is 447 g/mol. The van der Waals surface area contributed by atoms with Gasteiger partial charge in [-0.3, -0.25) is 9.97 Å². The number of anilines is 1. The third-order valence-electron chi connectivity index (χ3n) is 5.28. The molecule has 1 fully saturated rings. The molecule has 2 aromatic heterocycles. The number of benzene rings is 1. The summed E-state index contributed by atoms with van der Waals surface area (Å²) in [4.78, 5) is 15.5. The smallest absolute Gasteiger partial charge is 0.150 e. The van der Waals surface area contributed by atoms with E-state index in [9.17, 15) is 12.8 Å². The maximum Gasteiger partial charge on any atom is 0.150 e. The molecule has 3 heterocycles. The Bertz CT molecular complexity index is 1160. The van der Waals surface area contributed by atoms with Crippen LogP contribution in [-0.2, 0) is 9.84 Å². The second-order valence-electron chi connectivity index (χ2n) is 7.30. The highest BCUT2D eigenvalue weighted by atomic mass is 35.5. The maximum atomic E-state index is 13.4.